The van der Waals surface area contributed by atoms with Crippen LogP contribution >= 0.6 is 0 Å². The molecule has 0 saturated carbocycles. The van der Waals surface area contributed by atoms with Crippen LogP contribution in [0.1, 0.15) is 5.56 Å². The third-order valence-electron chi connectivity index (χ3n) is 3.49. The molecule has 1 aromatic heterocycles. The Morgan fingerprint density at radius 1 is 0.870 bits per heavy atom. The molecule has 3 aromatic rings. The molecule has 0 atom stereocenters. The van der Waals surface area contributed by atoms with Gasteiger partial charge in [-0.25, -0.2) is 8.78 Å². The molecule has 0 saturated heterocycles. The van der Waals surface area contributed by atoms with E-state index in [9.17, 15) is 8.78 Å². The molecule has 0 aliphatic rings. The van der Waals surface area contributed by atoms with Crippen LogP contribution in [0.2, 0.25) is 0 Å². The van der Waals surface area contributed by atoms with E-state index in [2.05, 4.69) is 11.1 Å². The van der Waals surface area contributed by atoms with Gasteiger partial charge in [0.1, 0.15) is 11.6 Å². The zero-order valence-electron chi connectivity index (χ0n) is 12.1. The van der Waals surface area contributed by atoms with Gasteiger partial charge in [0.25, 0.3) is 0 Å². The van der Waals surface area contributed by atoms with Gasteiger partial charge < -0.3 is 0 Å². The van der Waals surface area contributed by atoms with Crippen molar-refractivity contribution in [3.05, 3.63) is 78.0 Å². The number of pyridine rings is 1. The SMILES string of the molecule is N#CCc1cc(-c2cccc(F)c2)cnc1-c1cccc(F)c1. The van der Waals surface area contributed by atoms with E-state index in [1.165, 1.54) is 24.3 Å². The van der Waals surface area contributed by atoms with Gasteiger partial charge >= 0.3 is 0 Å². The van der Waals surface area contributed by atoms with Crippen molar-refractivity contribution >= 4 is 0 Å². The average Bonchev–Trinajstić information content (AvgIpc) is 2.55. The van der Waals surface area contributed by atoms with Crippen LogP contribution < -0.4 is 0 Å². The van der Waals surface area contributed by atoms with Crippen molar-refractivity contribution in [1.82, 2.24) is 4.98 Å². The highest BCUT2D eigenvalue weighted by atomic mass is 19.1. The van der Waals surface area contributed by atoms with Gasteiger partial charge in [-0.15, -0.1) is 0 Å². The van der Waals surface area contributed by atoms with Crippen molar-refractivity contribution in [3.8, 4) is 28.5 Å². The fraction of sp³-hybridized carbons (Fsp3) is 0.0526. The standard InChI is InChI=1S/C19H12F2N2/c20-17-5-1-3-13(10-17)16-9-15(7-8-22)19(23-12-16)14-4-2-6-18(21)11-14/h1-6,9-12H,7H2. The summed E-state index contributed by atoms with van der Waals surface area (Å²) in [4.78, 5) is 4.37. The number of nitrogens with zero attached hydrogens (tertiary/aromatic N) is 2. The van der Waals surface area contributed by atoms with Crippen LogP contribution in [-0.2, 0) is 6.42 Å². The summed E-state index contributed by atoms with van der Waals surface area (Å²) in [6.45, 7) is 0. The Morgan fingerprint density at radius 2 is 1.52 bits per heavy atom. The molecule has 0 amide bonds. The zero-order valence-corrected chi connectivity index (χ0v) is 12.1. The van der Waals surface area contributed by atoms with E-state index in [1.807, 2.05) is 0 Å². The van der Waals surface area contributed by atoms with E-state index in [1.54, 1.807) is 36.5 Å². The minimum absolute atomic E-state index is 0.141. The van der Waals surface area contributed by atoms with E-state index in [0.29, 0.717) is 22.4 Å². The van der Waals surface area contributed by atoms with Crippen LogP contribution in [0.5, 0.6) is 0 Å². The Morgan fingerprint density at radius 3 is 2.17 bits per heavy atom. The Balaban J connectivity index is 2.11. The highest BCUT2D eigenvalue weighted by Gasteiger charge is 2.10. The normalized spacial score (nSPS) is 10.3. The minimum Gasteiger partial charge on any atom is -0.255 e. The van der Waals surface area contributed by atoms with E-state index in [0.717, 1.165) is 5.56 Å². The third kappa shape index (κ3) is 3.24. The minimum atomic E-state index is -0.360. The summed E-state index contributed by atoms with van der Waals surface area (Å²) in [5.41, 5.74) is 3.25. The maximum Gasteiger partial charge on any atom is 0.123 e. The summed E-state index contributed by atoms with van der Waals surface area (Å²) in [7, 11) is 0. The molecule has 0 unspecified atom stereocenters. The first-order chi connectivity index (χ1) is 11.2. The van der Waals surface area contributed by atoms with Gasteiger partial charge in [0.15, 0.2) is 0 Å². The lowest BCUT2D eigenvalue weighted by Gasteiger charge is -2.09. The monoisotopic (exact) mass is 306 g/mol. The number of hydrogen-bond donors (Lipinski definition) is 0. The van der Waals surface area contributed by atoms with Crippen molar-refractivity contribution in [3.63, 3.8) is 0 Å². The highest BCUT2D eigenvalue weighted by molar-refractivity contribution is 5.70. The highest BCUT2D eigenvalue weighted by Crippen LogP contribution is 2.27. The lowest BCUT2D eigenvalue weighted by molar-refractivity contribution is 0.628. The molecule has 2 aromatic carbocycles. The molecule has 1 heterocycles. The van der Waals surface area contributed by atoms with Crippen LogP contribution in [0.15, 0.2) is 60.8 Å². The number of benzene rings is 2. The molecule has 0 bridgehead atoms. The van der Waals surface area contributed by atoms with Crippen molar-refractivity contribution in [2.45, 2.75) is 6.42 Å². The molecule has 0 aliphatic carbocycles. The Hall–Kier alpha value is -3.06. The van der Waals surface area contributed by atoms with E-state index in [4.69, 9.17) is 5.26 Å². The summed E-state index contributed by atoms with van der Waals surface area (Å²) in [5, 5.41) is 9.04. The summed E-state index contributed by atoms with van der Waals surface area (Å²) in [6.07, 6.45) is 1.75. The van der Waals surface area contributed by atoms with E-state index >= 15 is 0 Å². The molecule has 23 heavy (non-hydrogen) atoms. The second-order valence-electron chi connectivity index (χ2n) is 5.09. The number of rotatable bonds is 3. The molecular formula is C19H12F2N2. The quantitative estimate of drug-likeness (QED) is 0.699. The van der Waals surface area contributed by atoms with Gasteiger partial charge in [-0.3, -0.25) is 4.98 Å². The van der Waals surface area contributed by atoms with Crippen LogP contribution in [0, 0.1) is 23.0 Å². The molecule has 2 nitrogen and oxygen atoms in total. The Kier molecular flexibility index (Phi) is 4.11. The van der Waals surface area contributed by atoms with Gasteiger partial charge in [-0.1, -0.05) is 24.3 Å². The fourth-order valence-corrected chi connectivity index (χ4v) is 2.45. The molecule has 0 radical (unpaired) electrons. The second kappa shape index (κ2) is 6.37. The average molecular weight is 306 g/mol. The summed E-state index contributed by atoms with van der Waals surface area (Å²) in [5.74, 6) is -0.694. The Bertz CT molecular complexity index is 898. The van der Waals surface area contributed by atoms with Gasteiger partial charge in [-0.2, -0.15) is 5.26 Å². The molecule has 4 heteroatoms. The Labute approximate surface area is 132 Å². The van der Waals surface area contributed by atoms with Crippen LogP contribution in [0.3, 0.4) is 0 Å². The predicted molar refractivity (Wildman–Crippen MR) is 84.3 cm³/mol. The van der Waals surface area contributed by atoms with Crippen molar-refractivity contribution in [2.75, 3.05) is 0 Å². The molecule has 0 aliphatic heterocycles. The molecule has 112 valence electrons. The van der Waals surface area contributed by atoms with E-state index in [-0.39, 0.29) is 18.1 Å². The number of halogens is 2. The van der Waals surface area contributed by atoms with Gasteiger partial charge in [0.05, 0.1) is 18.2 Å². The lowest BCUT2D eigenvalue weighted by atomic mass is 9.99. The molecule has 0 fully saturated rings. The number of hydrogen-bond acceptors (Lipinski definition) is 2. The first-order valence-corrected chi connectivity index (χ1v) is 7.05. The molecule has 0 spiro atoms. The largest absolute Gasteiger partial charge is 0.255 e. The van der Waals surface area contributed by atoms with Crippen molar-refractivity contribution < 1.29 is 8.78 Å². The lowest BCUT2D eigenvalue weighted by Crippen LogP contribution is -1.95. The van der Waals surface area contributed by atoms with Crippen LogP contribution in [-0.4, -0.2) is 4.98 Å². The first-order valence-electron chi connectivity index (χ1n) is 7.05. The van der Waals surface area contributed by atoms with Crippen molar-refractivity contribution in [1.29, 1.82) is 5.26 Å². The summed E-state index contributed by atoms with van der Waals surface area (Å²) in [6, 6.07) is 16.1. The van der Waals surface area contributed by atoms with Crippen molar-refractivity contribution in [2.24, 2.45) is 0 Å². The molecule has 3 rings (SSSR count). The first kappa shape index (κ1) is 14.9. The summed E-state index contributed by atoms with van der Waals surface area (Å²) >= 11 is 0. The van der Waals surface area contributed by atoms with Crippen LogP contribution in [0.4, 0.5) is 8.78 Å². The van der Waals surface area contributed by atoms with Crippen LogP contribution in [0.25, 0.3) is 22.4 Å². The smallest absolute Gasteiger partial charge is 0.123 e. The fourth-order valence-electron chi connectivity index (χ4n) is 2.45. The molecular weight excluding hydrogens is 294 g/mol. The number of aromatic nitrogens is 1. The maximum atomic E-state index is 13.4. The number of nitriles is 1. The van der Waals surface area contributed by atoms with Gasteiger partial charge in [0.2, 0.25) is 0 Å². The van der Waals surface area contributed by atoms with Gasteiger partial charge in [-0.05, 0) is 41.5 Å². The molecule has 0 N–H and O–H groups in total. The second-order valence-corrected chi connectivity index (χ2v) is 5.09. The van der Waals surface area contributed by atoms with Gasteiger partial charge in [0, 0.05) is 17.3 Å². The topological polar surface area (TPSA) is 36.7 Å². The summed E-state index contributed by atoms with van der Waals surface area (Å²) < 4.78 is 26.8. The zero-order chi connectivity index (χ0) is 16.2. The third-order valence-corrected chi connectivity index (χ3v) is 3.49. The van der Waals surface area contributed by atoms with E-state index < -0.39 is 0 Å². The maximum absolute atomic E-state index is 13.4. The predicted octanol–water partition coefficient (Wildman–Crippen LogP) is 4.76.